The highest BCUT2D eigenvalue weighted by Crippen LogP contribution is 2.31. The van der Waals surface area contributed by atoms with Gasteiger partial charge in [0.05, 0.1) is 11.3 Å². The lowest BCUT2D eigenvalue weighted by Gasteiger charge is -2.11. The van der Waals surface area contributed by atoms with Crippen molar-refractivity contribution in [3.63, 3.8) is 0 Å². The summed E-state index contributed by atoms with van der Waals surface area (Å²) < 4.78 is 50.8. The fraction of sp³-hybridized carbons (Fsp3) is 0.200. The van der Waals surface area contributed by atoms with Crippen molar-refractivity contribution in [3.05, 3.63) is 59.4 Å². The molecular weight excluding hydrogens is 284 g/mol. The summed E-state index contributed by atoms with van der Waals surface area (Å²) in [4.78, 5) is 0. The third-order valence-electron chi connectivity index (χ3n) is 3.01. The Hall–Kier alpha value is -2.24. The summed E-state index contributed by atoms with van der Waals surface area (Å²) in [7, 11) is 0. The number of nitrogens with one attached hydrogen (secondary N) is 1. The molecule has 0 heterocycles. The smallest absolute Gasteiger partial charge is 0.399 e. The molecule has 0 unspecified atom stereocenters. The number of rotatable bonds is 4. The summed E-state index contributed by atoms with van der Waals surface area (Å²) in [5.41, 5.74) is 6.27. The monoisotopic (exact) mass is 298 g/mol. The summed E-state index contributed by atoms with van der Waals surface area (Å²) in [5.74, 6) is -0.915. The van der Waals surface area contributed by atoms with Gasteiger partial charge in [0.15, 0.2) is 0 Å². The third kappa shape index (κ3) is 4.11. The first kappa shape index (κ1) is 15.2. The van der Waals surface area contributed by atoms with Crippen LogP contribution in [0, 0.1) is 5.82 Å². The molecule has 0 fully saturated rings. The quantitative estimate of drug-likeness (QED) is 0.659. The molecule has 2 aromatic rings. The van der Waals surface area contributed by atoms with Gasteiger partial charge in [-0.05, 0) is 42.3 Å². The zero-order chi connectivity index (χ0) is 15.5. The molecule has 3 N–H and O–H groups in total. The summed E-state index contributed by atoms with van der Waals surface area (Å²) >= 11 is 0. The molecule has 2 nitrogen and oxygen atoms in total. The van der Waals surface area contributed by atoms with Crippen molar-refractivity contribution < 1.29 is 17.6 Å². The van der Waals surface area contributed by atoms with Gasteiger partial charge in [-0.1, -0.05) is 12.1 Å². The van der Waals surface area contributed by atoms with Crippen molar-refractivity contribution in [1.29, 1.82) is 0 Å². The molecule has 21 heavy (non-hydrogen) atoms. The Morgan fingerprint density at radius 2 is 1.67 bits per heavy atom. The molecule has 112 valence electrons. The lowest BCUT2D eigenvalue weighted by molar-refractivity contribution is -0.137. The second-order valence-corrected chi connectivity index (χ2v) is 4.61. The Balaban J connectivity index is 1.96. The summed E-state index contributed by atoms with van der Waals surface area (Å²) in [6.45, 7) is 0.409. The molecule has 2 aromatic carbocycles. The van der Waals surface area contributed by atoms with Crippen molar-refractivity contribution in [2.75, 3.05) is 17.6 Å². The van der Waals surface area contributed by atoms with E-state index in [0.717, 1.165) is 17.7 Å². The highest BCUT2D eigenvalue weighted by molar-refractivity contribution is 5.47. The molecule has 2 rings (SSSR count). The van der Waals surface area contributed by atoms with E-state index in [2.05, 4.69) is 5.32 Å². The van der Waals surface area contributed by atoms with Crippen LogP contribution >= 0.6 is 0 Å². The van der Waals surface area contributed by atoms with Crippen LogP contribution in [0.2, 0.25) is 0 Å². The summed E-state index contributed by atoms with van der Waals surface area (Å²) in [6, 6.07) is 9.66. The SMILES string of the molecule is Nc1ccc(CCNc2ccc(C(F)(F)F)cc2F)cc1. The van der Waals surface area contributed by atoms with Crippen LogP contribution in [0.4, 0.5) is 28.9 Å². The second-order valence-electron chi connectivity index (χ2n) is 4.61. The number of nitrogens with two attached hydrogens (primary N) is 1. The molecule has 0 aliphatic rings. The number of benzene rings is 2. The van der Waals surface area contributed by atoms with Crippen LogP contribution in [-0.4, -0.2) is 6.54 Å². The molecule has 6 heteroatoms. The number of nitrogen functional groups attached to an aromatic ring is 1. The molecule has 0 saturated carbocycles. The van der Waals surface area contributed by atoms with E-state index >= 15 is 0 Å². The van der Waals surface area contributed by atoms with Crippen LogP contribution in [0.3, 0.4) is 0 Å². The molecule has 0 atom stereocenters. The van der Waals surface area contributed by atoms with Crippen LogP contribution in [0.25, 0.3) is 0 Å². The minimum Gasteiger partial charge on any atom is -0.399 e. The highest BCUT2D eigenvalue weighted by atomic mass is 19.4. The van der Waals surface area contributed by atoms with Gasteiger partial charge in [0.25, 0.3) is 0 Å². The average molecular weight is 298 g/mol. The Morgan fingerprint density at radius 3 is 2.24 bits per heavy atom. The zero-order valence-corrected chi connectivity index (χ0v) is 11.0. The molecule has 0 saturated heterocycles. The standard InChI is InChI=1S/C15H14F4N2/c16-13-9-11(15(17,18)19)3-6-14(13)21-8-7-10-1-4-12(20)5-2-10/h1-6,9,21H,7-8,20H2. The van der Waals surface area contributed by atoms with Crippen molar-refractivity contribution >= 4 is 11.4 Å². The molecule has 0 aromatic heterocycles. The molecule has 0 aliphatic carbocycles. The van der Waals surface area contributed by atoms with Crippen LogP contribution in [0.5, 0.6) is 0 Å². The highest BCUT2D eigenvalue weighted by Gasteiger charge is 2.31. The largest absolute Gasteiger partial charge is 0.416 e. The maximum absolute atomic E-state index is 13.6. The second kappa shape index (κ2) is 6.03. The van der Waals surface area contributed by atoms with Gasteiger partial charge in [0, 0.05) is 12.2 Å². The van der Waals surface area contributed by atoms with Crippen molar-refractivity contribution in [3.8, 4) is 0 Å². The predicted octanol–water partition coefficient (Wildman–Crippen LogP) is 4.08. The van der Waals surface area contributed by atoms with Gasteiger partial charge in [-0.25, -0.2) is 4.39 Å². The Labute approximate surface area is 119 Å². The van der Waals surface area contributed by atoms with E-state index in [-0.39, 0.29) is 5.69 Å². The molecule has 0 spiro atoms. The average Bonchev–Trinajstić information content (AvgIpc) is 2.41. The topological polar surface area (TPSA) is 38.0 Å². The van der Waals surface area contributed by atoms with Crippen LogP contribution in [-0.2, 0) is 12.6 Å². The summed E-state index contributed by atoms with van der Waals surface area (Å²) in [5, 5.41) is 2.78. The van der Waals surface area contributed by atoms with E-state index < -0.39 is 17.6 Å². The molecule has 0 radical (unpaired) electrons. The van der Waals surface area contributed by atoms with E-state index in [1.807, 2.05) is 12.1 Å². The van der Waals surface area contributed by atoms with Crippen molar-refractivity contribution in [2.24, 2.45) is 0 Å². The summed E-state index contributed by atoms with van der Waals surface area (Å²) in [6.07, 6.45) is -3.93. The molecule has 0 amide bonds. The van der Waals surface area contributed by atoms with Crippen LogP contribution in [0.15, 0.2) is 42.5 Å². The van der Waals surface area contributed by atoms with E-state index in [4.69, 9.17) is 5.73 Å². The first-order valence-corrected chi connectivity index (χ1v) is 6.31. The number of anilines is 2. The van der Waals surface area contributed by atoms with Gasteiger partial charge in [-0.15, -0.1) is 0 Å². The normalized spacial score (nSPS) is 11.4. The van der Waals surface area contributed by atoms with Gasteiger partial charge >= 0.3 is 6.18 Å². The minimum absolute atomic E-state index is 0.0541. The first-order chi connectivity index (χ1) is 9.86. The van der Waals surface area contributed by atoms with E-state index in [1.165, 1.54) is 0 Å². The Kier molecular flexibility index (Phi) is 4.35. The van der Waals surface area contributed by atoms with Crippen LogP contribution in [0.1, 0.15) is 11.1 Å². The number of halogens is 4. The fourth-order valence-corrected chi connectivity index (χ4v) is 1.86. The number of hydrogen-bond acceptors (Lipinski definition) is 2. The van der Waals surface area contributed by atoms with Crippen molar-refractivity contribution in [1.82, 2.24) is 0 Å². The third-order valence-corrected chi connectivity index (χ3v) is 3.01. The zero-order valence-electron chi connectivity index (χ0n) is 11.0. The number of hydrogen-bond donors (Lipinski definition) is 2. The van der Waals surface area contributed by atoms with E-state index in [1.54, 1.807) is 12.1 Å². The molecule has 0 bridgehead atoms. The van der Waals surface area contributed by atoms with Crippen LogP contribution < -0.4 is 11.1 Å². The first-order valence-electron chi connectivity index (χ1n) is 6.31. The lowest BCUT2D eigenvalue weighted by atomic mass is 10.1. The molecular formula is C15H14F4N2. The van der Waals surface area contributed by atoms with E-state index in [0.29, 0.717) is 24.7 Å². The maximum atomic E-state index is 13.6. The van der Waals surface area contributed by atoms with Gasteiger partial charge in [-0.3, -0.25) is 0 Å². The van der Waals surface area contributed by atoms with Crippen molar-refractivity contribution in [2.45, 2.75) is 12.6 Å². The predicted molar refractivity (Wildman–Crippen MR) is 74.5 cm³/mol. The van der Waals surface area contributed by atoms with Gasteiger partial charge < -0.3 is 11.1 Å². The van der Waals surface area contributed by atoms with E-state index in [9.17, 15) is 17.6 Å². The Bertz CT molecular complexity index is 606. The Morgan fingerprint density at radius 1 is 1.00 bits per heavy atom. The number of alkyl halides is 3. The van der Waals surface area contributed by atoms with Gasteiger partial charge in [0.1, 0.15) is 5.82 Å². The minimum atomic E-state index is -4.54. The lowest BCUT2D eigenvalue weighted by Crippen LogP contribution is -2.09. The fourth-order valence-electron chi connectivity index (χ4n) is 1.86. The molecule has 0 aliphatic heterocycles. The van der Waals surface area contributed by atoms with Gasteiger partial charge in [0.2, 0.25) is 0 Å². The maximum Gasteiger partial charge on any atom is 0.416 e. The van der Waals surface area contributed by atoms with Gasteiger partial charge in [-0.2, -0.15) is 13.2 Å².